The first-order valence-corrected chi connectivity index (χ1v) is 6.35. The van der Waals surface area contributed by atoms with Gasteiger partial charge in [0.1, 0.15) is 0 Å². The molecule has 2 heteroatoms. The maximum Gasteiger partial charge on any atom is 0.0399 e. The normalized spacial score (nSPS) is 16.6. The van der Waals surface area contributed by atoms with Gasteiger partial charge in [-0.05, 0) is 50.5 Å². The largest absolute Gasteiger partial charge is 0.399 e. The van der Waals surface area contributed by atoms with Gasteiger partial charge in [0.25, 0.3) is 0 Å². The van der Waals surface area contributed by atoms with Crippen molar-refractivity contribution in [1.29, 1.82) is 0 Å². The van der Waals surface area contributed by atoms with Crippen LogP contribution in [0, 0.1) is 6.92 Å². The second kappa shape index (κ2) is 4.77. The second-order valence-electron chi connectivity index (χ2n) is 4.77. The van der Waals surface area contributed by atoms with Crippen LogP contribution in [0.5, 0.6) is 0 Å². The summed E-state index contributed by atoms with van der Waals surface area (Å²) in [5.74, 6) is 0. The first-order valence-electron chi connectivity index (χ1n) is 6.35. The van der Waals surface area contributed by atoms with Crippen LogP contribution in [0.2, 0.25) is 0 Å². The SMILES string of the molecule is CCN(c1ccc(N)cc1C)C1CCCC1. The maximum atomic E-state index is 5.80. The molecule has 0 spiro atoms. The Balaban J connectivity index is 2.25. The van der Waals surface area contributed by atoms with Crippen LogP contribution in [-0.4, -0.2) is 12.6 Å². The molecule has 0 bridgehead atoms. The highest BCUT2D eigenvalue weighted by atomic mass is 15.2. The minimum absolute atomic E-state index is 0.743. The highest BCUT2D eigenvalue weighted by Gasteiger charge is 2.22. The quantitative estimate of drug-likeness (QED) is 0.788. The van der Waals surface area contributed by atoms with Gasteiger partial charge in [0, 0.05) is 24.0 Å². The number of hydrogen-bond acceptors (Lipinski definition) is 2. The van der Waals surface area contributed by atoms with Crippen molar-refractivity contribution < 1.29 is 0 Å². The molecule has 16 heavy (non-hydrogen) atoms. The molecule has 1 fully saturated rings. The summed E-state index contributed by atoms with van der Waals surface area (Å²) in [6.45, 7) is 5.49. The van der Waals surface area contributed by atoms with Crippen molar-refractivity contribution in [2.45, 2.75) is 45.6 Å². The van der Waals surface area contributed by atoms with Crippen molar-refractivity contribution >= 4 is 11.4 Å². The van der Waals surface area contributed by atoms with Crippen molar-refractivity contribution in [3.8, 4) is 0 Å². The Kier molecular flexibility index (Phi) is 3.37. The molecule has 1 aromatic carbocycles. The third kappa shape index (κ3) is 2.16. The van der Waals surface area contributed by atoms with E-state index in [2.05, 4.69) is 30.9 Å². The molecule has 1 aliphatic rings. The van der Waals surface area contributed by atoms with Crippen LogP contribution >= 0.6 is 0 Å². The molecular formula is C14H22N2. The number of nitrogens with two attached hydrogens (primary N) is 1. The number of hydrogen-bond donors (Lipinski definition) is 1. The predicted molar refractivity (Wildman–Crippen MR) is 70.9 cm³/mol. The molecule has 0 atom stereocenters. The van der Waals surface area contributed by atoms with Gasteiger partial charge in [-0.15, -0.1) is 0 Å². The van der Waals surface area contributed by atoms with Gasteiger partial charge in [0.15, 0.2) is 0 Å². The van der Waals surface area contributed by atoms with E-state index in [-0.39, 0.29) is 0 Å². The molecule has 0 radical (unpaired) electrons. The number of nitrogen functional groups attached to an aromatic ring is 1. The van der Waals surface area contributed by atoms with Crippen LogP contribution < -0.4 is 10.6 Å². The number of nitrogens with zero attached hydrogens (tertiary/aromatic N) is 1. The summed E-state index contributed by atoms with van der Waals surface area (Å²) in [6.07, 6.45) is 5.46. The van der Waals surface area contributed by atoms with E-state index in [1.54, 1.807) is 0 Å². The Labute approximate surface area is 98.4 Å². The van der Waals surface area contributed by atoms with E-state index >= 15 is 0 Å². The Hall–Kier alpha value is -1.18. The van der Waals surface area contributed by atoms with E-state index in [1.165, 1.54) is 36.9 Å². The van der Waals surface area contributed by atoms with Gasteiger partial charge in [0.2, 0.25) is 0 Å². The number of benzene rings is 1. The summed E-state index contributed by atoms with van der Waals surface area (Å²) in [4.78, 5) is 2.54. The smallest absolute Gasteiger partial charge is 0.0399 e. The lowest BCUT2D eigenvalue weighted by molar-refractivity contribution is 0.618. The molecule has 1 aliphatic carbocycles. The predicted octanol–water partition coefficient (Wildman–Crippen LogP) is 3.35. The van der Waals surface area contributed by atoms with E-state index < -0.39 is 0 Å². The van der Waals surface area contributed by atoms with Crippen LogP contribution in [0.25, 0.3) is 0 Å². The lowest BCUT2D eigenvalue weighted by Gasteiger charge is -2.31. The summed E-state index contributed by atoms with van der Waals surface area (Å²) in [6, 6.07) is 7.01. The summed E-state index contributed by atoms with van der Waals surface area (Å²) >= 11 is 0. The first kappa shape index (κ1) is 11.3. The second-order valence-corrected chi connectivity index (χ2v) is 4.77. The van der Waals surface area contributed by atoms with Crippen LogP contribution in [0.4, 0.5) is 11.4 Å². The van der Waals surface area contributed by atoms with E-state index in [0.717, 1.165) is 18.3 Å². The summed E-state index contributed by atoms with van der Waals surface area (Å²) in [5.41, 5.74) is 9.33. The van der Waals surface area contributed by atoms with Crippen LogP contribution in [-0.2, 0) is 0 Å². The molecule has 1 saturated carbocycles. The molecule has 0 saturated heterocycles. The fraction of sp³-hybridized carbons (Fsp3) is 0.571. The summed E-state index contributed by atoms with van der Waals surface area (Å²) in [5, 5.41) is 0. The molecule has 0 aliphatic heterocycles. The lowest BCUT2D eigenvalue weighted by atomic mass is 10.1. The maximum absolute atomic E-state index is 5.80. The third-order valence-electron chi connectivity index (χ3n) is 3.64. The molecule has 1 aromatic rings. The average molecular weight is 218 g/mol. The third-order valence-corrected chi connectivity index (χ3v) is 3.64. The van der Waals surface area contributed by atoms with Crippen LogP contribution in [0.3, 0.4) is 0 Å². The van der Waals surface area contributed by atoms with E-state index in [1.807, 2.05) is 6.07 Å². The molecular weight excluding hydrogens is 196 g/mol. The number of rotatable bonds is 3. The minimum Gasteiger partial charge on any atom is -0.399 e. The molecule has 0 unspecified atom stereocenters. The van der Waals surface area contributed by atoms with Crippen molar-refractivity contribution in [1.82, 2.24) is 0 Å². The van der Waals surface area contributed by atoms with Gasteiger partial charge in [-0.3, -0.25) is 0 Å². The summed E-state index contributed by atoms with van der Waals surface area (Å²) in [7, 11) is 0. The fourth-order valence-corrected chi connectivity index (χ4v) is 2.84. The highest BCUT2D eigenvalue weighted by Crippen LogP contribution is 2.30. The first-order chi connectivity index (χ1) is 7.72. The lowest BCUT2D eigenvalue weighted by Crippen LogP contribution is -2.33. The van der Waals surface area contributed by atoms with Crippen LogP contribution in [0.1, 0.15) is 38.2 Å². The number of aryl methyl sites for hydroxylation is 1. The molecule has 88 valence electrons. The highest BCUT2D eigenvalue weighted by molar-refractivity contribution is 5.59. The molecule has 2 N–H and O–H groups in total. The number of anilines is 2. The Morgan fingerprint density at radius 3 is 2.56 bits per heavy atom. The van der Waals surface area contributed by atoms with E-state index in [9.17, 15) is 0 Å². The zero-order valence-corrected chi connectivity index (χ0v) is 10.4. The van der Waals surface area contributed by atoms with Crippen LogP contribution in [0.15, 0.2) is 18.2 Å². The Morgan fingerprint density at radius 1 is 1.31 bits per heavy atom. The van der Waals surface area contributed by atoms with Crippen molar-refractivity contribution in [3.05, 3.63) is 23.8 Å². The van der Waals surface area contributed by atoms with Gasteiger partial charge < -0.3 is 10.6 Å². The molecule has 2 rings (SSSR count). The topological polar surface area (TPSA) is 29.3 Å². The van der Waals surface area contributed by atoms with E-state index in [4.69, 9.17) is 5.73 Å². The minimum atomic E-state index is 0.743. The molecule has 0 heterocycles. The Bertz CT molecular complexity index is 354. The summed E-state index contributed by atoms with van der Waals surface area (Å²) < 4.78 is 0. The van der Waals surface area contributed by atoms with Gasteiger partial charge in [-0.2, -0.15) is 0 Å². The molecule has 0 aromatic heterocycles. The van der Waals surface area contributed by atoms with Gasteiger partial charge >= 0.3 is 0 Å². The van der Waals surface area contributed by atoms with Crippen molar-refractivity contribution in [3.63, 3.8) is 0 Å². The zero-order valence-electron chi connectivity index (χ0n) is 10.4. The van der Waals surface area contributed by atoms with Gasteiger partial charge in [-0.1, -0.05) is 12.8 Å². The average Bonchev–Trinajstić information content (AvgIpc) is 2.75. The standard InChI is InChI=1S/C14H22N2/c1-3-16(13-6-4-5-7-13)14-9-8-12(15)10-11(14)2/h8-10,13H,3-7,15H2,1-2H3. The molecule has 0 amide bonds. The van der Waals surface area contributed by atoms with Crippen molar-refractivity contribution in [2.75, 3.05) is 17.2 Å². The van der Waals surface area contributed by atoms with E-state index in [0.29, 0.717) is 0 Å². The fourth-order valence-electron chi connectivity index (χ4n) is 2.84. The van der Waals surface area contributed by atoms with Gasteiger partial charge in [-0.25, -0.2) is 0 Å². The van der Waals surface area contributed by atoms with Gasteiger partial charge in [0.05, 0.1) is 0 Å². The molecule has 2 nitrogen and oxygen atoms in total. The van der Waals surface area contributed by atoms with Crippen molar-refractivity contribution in [2.24, 2.45) is 0 Å². The zero-order chi connectivity index (χ0) is 11.5. The Morgan fingerprint density at radius 2 is 2.00 bits per heavy atom. The monoisotopic (exact) mass is 218 g/mol.